The van der Waals surface area contributed by atoms with E-state index < -0.39 is 35.7 Å². The third-order valence-corrected chi connectivity index (χ3v) is 3.71. The fraction of sp³-hybridized carbons (Fsp3) is 0.625. The molecule has 5 nitrogen and oxygen atoms in total. The highest BCUT2D eigenvalue weighted by molar-refractivity contribution is 5.68. The lowest BCUT2D eigenvalue weighted by Gasteiger charge is -2.36. The molecule has 2 rings (SSSR count). The first-order valence-electron chi connectivity index (χ1n) is 7.54. The van der Waals surface area contributed by atoms with Crippen LogP contribution >= 0.6 is 0 Å². The second kappa shape index (κ2) is 6.23. The molecule has 1 aliphatic heterocycles. The Balaban J connectivity index is 2.33. The van der Waals surface area contributed by atoms with Gasteiger partial charge in [0.1, 0.15) is 11.3 Å². The lowest BCUT2D eigenvalue weighted by atomic mass is 9.95. The number of amides is 1. The van der Waals surface area contributed by atoms with Gasteiger partial charge >= 0.3 is 12.3 Å². The summed E-state index contributed by atoms with van der Waals surface area (Å²) in [7, 11) is 1.53. The Morgan fingerprint density at radius 3 is 2.50 bits per heavy atom. The van der Waals surface area contributed by atoms with Gasteiger partial charge in [-0.3, -0.25) is 4.98 Å². The summed E-state index contributed by atoms with van der Waals surface area (Å²) < 4.78 is 49.4. The number of aromatic nitrogens is 1. The van der Waals surface area contributed by atoms with Gasteiger partial charge in [-0.25, -0.2) is 4.79 Å². The molecular formula is C16H21F3N2O3. The highest BCUT2D eigenvalue weighted by Gasteiger charge is 2.37. The highest BCUT2D eigenvalue weighted by atomic mass is 19.4. The summed E-state index contributed by atoms with van der Waals surface area (Å²) in [4.78, 5) is 17.1. The molecule has 0 saturated carbocycles. The van der Waals surface area contributed by atoms with E-state index in [4.69, 9.17) is 9.47 Å². The number of carbonyl (C=O) groups is 1. The van der Waals surface area contributed by atoms with Crippen molar-refractivity contribution in [1.82, 2.24) is 9.88 Å². The number of pyridine rings is 1. The molecule has 0 N–H and O–H groups in total. The van der Waals surface area contributed by atoms with Crippen molar-refractivity contribution < 1.29 is 27.4 Å². The van der Waals surface area contributed by atoms with Crippen LogP contribution in [0.15, 0.2) is 12.3 Å². The number of hydrogen-bond acceptors (Lipinski definition) is 4. The number of ether oxygens (including phenoxy) is 2. The van der Waals surface area contributed by atoms with E-state index in [0.717, 1.165) is 6.07 Å². The molecule has 134 valence electrons. The minimum atomic E-state index is -4.53. The smallest absolute Gasteiger partial charge is 0.433 e. The quantitative estimate of drug-likeness (QED) is 0.768. The van der Waals surface area contributed by atoms with E-state index in [2.05, 4.69) is 4.98 Å². The lowest BCUT2D eigenvalue weighted by molar-refractivity contribution is -0.141. The number of likely N-dealkylation sites (N-methyl/N-ethyl adjacent to an activating group) is 1. The summed E-state index contributed by atoms with van der Waals surface area (Å²) in [6, 6.07) is 0.426. The minimum Gasteiger partial charge on any atom is -0.444 e. The van der Waals surface area contributed by atoms with Crippen LogP contribution < -0.4 is 0 Å². The normalized spacial score (nSPS) is 21.2. The Bertz CT molecular complexity index is 626. The van der Waals surface area contributed by atoms with Gasteiger partial charge in [-0.15, -0.1) is 0 Å². The fourth-order valence-electron chi connectivity index (χ4n) is 2.46. The van der Waals surface area contributed by atoms with Gasteiger partial charge < -0.3 is 14.4 Å². The number of carbonyl (C=O) groups excluding carboxylic acids is 1. The zero-order chi connectivity index (χ0) is 18.3. The summed E-state index contributed by atoms with van der Waals surface area (Å²) in [5.74, 6) is 0. The summed E-state index contributed by atoms with van der Waals surface area (Å²) in [5.41, 5.74) is -0.730. The number of nitrogens with zero attached hydrogens (tertiary/aromatic N) is 2. The van der Waals surface area contributed by atoms with Crippen molar-refractivity contribution in [3.63, 3.8) is 0 Å². The van der Waals surface area contributed by atoms with Gasteiger partial charge in [-0.05, 0) is 39.3 Å². The van der Waals surface area contributed by atoms with Crippen LogP contribution in [0.4, 0.5) is 18.0 Å². The van der Waals surface area contributed by atoms with Crippen molar-refractivity contribution in [3.8, 4) is 0 Å². The van der Waals surface area contributed by atoms with E-state index in [0.29, 0.717) is 11.1 Å². The van der Waals surface area contributed by atoms with E-state index in [1.54, 1.807) is 27.7 Å². The van der Waals surface area contributed by atoms with Gasteiger partial charge in [0.2, 0.25) is 0 Å². The second-order valence-corrected chi connectivity index (χ2v) is 6.78. The standard InChI is InChI=1S/C16H21F3N2O3/c1-9-10-6-13(16(17,18)19)20-7-11(10)12(8-23-9)21(5)14(22)24-15(2,3)4/h6-7,9,12H,8H2,1-5H3/t9-,12-/m1/s1. The first kappa shape index (κ1) is 18.5. The summed E-state index contributed by atoms with van der Waals surface area (Å²) >= 11 is 0. The van der Waals surface area contributed by atoms with E-state index in [1.807, 2.05) is 0 Å². The zero-order valence-corrected chi connectivity index (χ0v) is 14.3. The molecule has 0 radical (unpaired) electrons. The number of fused-ring (bicyclic) bond motifs is 1. The van der Waals surface area contributed by atoms with Crippen molar-refractivity contribution in [3.05, 3.63) is 29.1 Å². The molecule has 1 aliphatic rings. The van der Waals surface area contributed by atoms with Crippen LogP contribution in [0.3, 0.4) is 0 Å². The van der Waals surface area contributed by atoms with Crippen LogP contribution in [-0.2, 0) is 15.7 Å². The molecule has 0 unspecified atom stereocenters. The second-order valence-electron chi connectivity index (χ2n) is 6.78. The number of rotatable bonds is 1. The van der Waals surface area contributed by atoms with Gasteiger partial charge in [0.15, 0.2) is 0 Å². The maximum Gasteiger partial charge on any atom is 0.433 e. The Morgan fingerprint density at radius 2 is 1.96 bits per heavy atom. The van der Waals surface area contributed by atoms with Gasteiger partial charge in [-0.1, -0.05) is 0 Å². The van der Waals surface area contributed by atoms with Crippen molar-refractivity contribution in [2.24, 2.45) is 0 Å². The minimum absolute atomic E-state index is 0.164. The number of alkyl halides is 3. The van der Waals surface area contributed by atoms with Crippen LogP contribution in [0.1, 0.15) is 56.7 Å². The molecule has 0 aromatic carbocycles. The Kier molecular flexibility index (Phi) is 4.81. The van der Waals surface area contributed by atoms with E-state index in [1.165, 1.54) is 18.1 Å². The monoisotopic (exact) mass is 346 g/mol. The van der Waals surface area contributed by atoms with Gasteiger partial charge in [0, 0.05) is 18.8 Å². The van der Waals surface area contributed by atoms with E-state index in [-0.39, 0.29) is 6.61 Å². The van der Waals surface area contributed by atoms with Crippen LogP contribution in [0.5, 0.6) is 0 Å². The molecule has 0 fully saturated rings. The van der Waals surface area contributed by atoms with Crippen molar-refractivity contribution in [2.45, 2.75) is 51.6 Å². The molecule has 1 aromatic rings. The van der Waals surface area contributed by atoms with Gasteiger partial charge in [-0.2, -0.15) is 13.2 Å². The SMILES string of the molecule is C[C@H]1OC[C@@H](N(C)C(=O)OC(C)(C)C)c2cnc(C(F)(F)F)cc21. The molecule has 1 amide bonds. The van der Waals surface area contributed by atoms with Crippen LogP contribution in [0, 0.1) is 0 Å². The van der Waals surface area contributed by atoms with Crippen LogP contribution in [-0.4, -0.2) is 35.2 Å². The topological polar surface area (TPSA) is 51.7 Å². The van der Waals surface area contributed by atoms with Gasteiger partial charge in [0.05, 0.1) is 18.8 Å². The molecule has 8 heteroatoms. The molecule has 2 atom stereocenters. The molecule has 0 spiro atoms. The Hall–Kier alpha value is -1.83. The largest absolute Gasteiger partial charge is 0.444 e. The number of halogens is 3. The third kappa shape index (κ3) is 3.98. The zero-order valence-electron chi connectivity index (χ0n) is 14.3. The molecule has 0 aliphatic carbocycles. The first-order chi connectivity index (χ1) is 10.9. The van der Waals surface area contributed by atoms with Crippen molar-refractivity contribution >= 4 is 6.09 Å². The average molecular weight is 346 g/mol. The maximum absolute atomic E-state index is 12.9. The molecule has 2 heterocycles. The predicted molar refractivity (Wildman–Crippen MR) is 80.3 cm³/mol. The molecule has 1 aromatic heterocycles. The van der Waals surface area contributed by atoms with Crippen LogP contribution in [0.2, 0.25) is 0 Å². The molecular weight excluding hydrogens is 325 g/mol. The Morgan fingerprint density at radius 1 is 1.33 bits per heavy atom. The molecule has 0 bridgehead atoms. The average Bonchev–Trinajstić information content (AvgIpc) is 2.44. The lowest BCUT2D eigenvalue weighted by Crippen LogP contribution is -2.40. The van der Waals surface area contributed by atoms with E-state index in [9.17, 15) is 18.0 Å². The van der Waals surface area contributed by atoms with Crippen molar-refractivity contribution in [1.29, 1.82) is 0 Å². The molecule has 0 saturated heterocycles. The fourth-order valence-corrected chi connectivity index (χ4v) is 2.46. The Labute approximate surface area is 138 Å². The summed E-state index contributed by atoms with van der Waals surface area (Å²) in [5, 5.41) is 0. The van der Waals surface area contributed by atoms with Crippen LogP contribution in [0.25, 0.3) is 0 Å². The summed E-state index contributed by atoms with van der Waals surface area (Å²) in [6.07, 6.45) is -4.44. The third-order valence-electron chi connectivity index (χ3n) is 3.71. The van der Waals surface area contributed by atoms with Crippen molar-refractivity contribution in [2.75, 3.05) is 13.7 Å². The summed E-state index contributed by atoms with van der Waals surface area (Å²) in [6.45, 7) is 7.05. The maximum atomic E-state index is 12.9. The predicted octanol–water partition coefficient (Wildman–Crippen LogP) is 4.10. The number of hydrogen-bond donors (Lipinski definition) is 0. The van der Waals surface area contributed by atoms with Gasteiger partial charge in [0.25, 0.3) is 0 Å². The first-order valence-corrected chi connectivity index (χ1v) is 7.54. The highest BCUT2D eigenvalue weighted by Crippen LogP contribution is 2.38. The van der Waals surface area contributed by atoms with E-state index >= 15 is 0 Å². The molecule has 24 heavy (non-hydrogen) atoms.